The third-order valence-electron chi connectivity index (χ3n) is 8.65. The van der Waals surface area contributed by atoms with Gasteiger partial charge < -0.3 is 9.64 Å². The molecular weight excluding hydrogens is 474 g/mol. The van der Waals surface area contributed by atoms with Crippen molar-refractivity contribution in [2.45, 2.75) is 168 Å². The van der Waals surface area contributed by atoms with Gasteiger partial charge in [-0.3, -0.25) is 0 Å². The average molecular weight is 540 g/mol. The smallest absolute Gasteiger partial charge is 0.120 e. The Kier molecular flexibility index (Phi) is 20.2. The molecule has 1 heterocycles. The Morgan fingerprint density at radius 1 is 0.590 bits per heavy atom. The molecule has 0 saturated carbocycles. The summed E-state index contributed by atoms with van der Waals surface area (Å²) in [5.74, 6) is 1.04. The quantitative estimate of drug-likeness (QED) is 0.109. The lowest BCUT2D eigenvalue weighted by Crippen LogP contribution is -2.28. The topological polar surface area (TPSA) is 12.5 Å². The number of ether oxygens (including phenoxy) is 1. The zero-order chi connectivity index (χ0) is 27.8. The summed E-state index contributed by atoms with van der Waals surface area (Å²) in [5.41, 5.74) is 4.17. The highest BCUT2D eigenvalue weighted by atomic mass is 16.5. The Morgan fingerprint density at radius 3 is 1.56 bits per heavy atom. The second-order valence-corrected chi connectivity index (χ2v) is 12.3. The predicted octanol–water partition coefficient (Wildman–Crippen LogP) is 12.3. The van der Waals surface area contributed by atoms with Crippen molar-refractivity contribution in [1.29, 1.82) is 0 Å². The van der Waals surface area contributed by atoms with Gasteiger partial charge in [0.05, 0.1) is 6.61 Å². The molecule has 1 aliphatic rings. The summed E-state index contributed by atoms with van der Waals surface area (Å²) in [6.45, 7) is 9.91. The second-order valence-electron chi connectivity index (χ2n) is 12.3. The van der Waals surface area contributed by atoms with Crippen LogP contribution in [-0.4, -0.2) is 19.7 Å². The molecule has 224 valence electrons. The van der Waals surface area contributed by atoms with Gasteiger partial charge in [-0.05, 0) is 43.5 Å². The lowest BCUT2D eigenvalue weighted by molar-refractivity contribution is 0.304. The number of rotatable bonds is 26. The summed E-state index contributed by atoms with van der Waals surface area (Å²) in [6.07, 6.45) is 34.6. The van der Waals surface area contributed by atoms with E-state index in [0.29, 0.717) is 0 Å². The fourth-order valence-corrected chi connectivity index (χ4v) is 5.96. The van der Waals surface area contributed by atoms with Gasteiger partial charge in [-0.1, -0.05) is 155 Å². The minimum atomic E-state index is 0.845. The van der Waals surface area contributed by atoms with Crippen molar-refractivity contribution in [3.05, 3.63) is 29.8 Å². The number of allylic oxidation sites excluding steroid dienone is 1. The maximum absolute atomic E-state index is 6.13. The second kappa shape index (κ2) is 23.3. The van der Waals surface area contributed by atoms with Gasteiger partial charge in [0.1, 0.15) is 5.75 Å². The molecular formula is C37H65NO. The molecule has 0 radical (unpaired) electrons. The van der Waals surface area contributed by atoms with Crippen molar-refractivity contribution in [3.8, 4) is 5.75 Å². The van der Waals surface area contributed by atoms with Crippen LogP contribution in [0.1, 0.15) is 174 Å². The monoisotopic (exact) mass is 540 g/mol. The van der Waals surface area contributed by atoms with Gasteiger partial charge in [0.15, 0.2) is 0 Å². The van der Waals surface area contributed by atoms with Crippen molar-refractivity contribution in [3.63, 3.8) is 0 Å². The van der Waals surface area contributed by atoms with Gasteiger partial charge in [-0.25, -0.2) is 0 Å². The van der Waals surface area contributed by atoms with Crippen LogP contribution in [0.15, 0.2) is 24.3 Å². The van der Waals surface area contributed by atoms with Crippen LogP contribution in [-0.2, 0) is 0 Å². The van der Waals surface area contributed by atoms with Gasteiger partial charge in [0.2, 0.25) is 0 Å². The van der Waals surface area contributed by atoms with Crippen molar-refractivity contribution >= 4 is 11.3 Å². The highest BCUT2D eigenvalue weighted by molar-refractivity contribution is 5.80. The minimum absolute atomic E-state index is 0.845. The molecule has 0 aliphatic carbocycles. The first-order valence-electron chi connectivity index (χ1n) is 17.4. The highest BCUT2D eigenvalue weighted by Crippen LogP contribution is 2.34. The van der Waals surface area contributed by atoms with Crippen LogP contribution in [0, 0.1) is 0 Å². The number of unbranched alkanes of at least 4 members (excludes halogenated alkanes) is 21. The summed E-state index contributed by atoms with van der Waals surface area (Å²) in [6, 6.07) is 6.78. The first-order chi connectivity index (χ1) is 19.3. The first-order valence-corrected chi connectivity index (χ1v) is 17.4. The molecule has 1 aliphatic heterocycles. The molecule has 2 nitrogen and oxygen atoms in total. The molecule has 0 saturated heterocycles. The van der Waals surface area contributed by atoms with Crippen LogP contribution in [0.5, 0.6) is 5.75 Å². The Bertz CT molecular complexity index is 739. The number of hydrogen-bond donors (Lipinski definition) is 0. The minimum Gasteiger partial charge on any atom is -0.494 e. The number of hydrogen-bond acceptors (Lipinski definition) is 2. The molecule has 39 heavy (non-hydrogen) atoms. The Balaban J connectivity index is 1.50. The van der Waals surface area contributed by atoms with E-state index in [1.54, 1.807) is 0 Å². The van der Waals surface area contributed by atoms with Crippen LogP contribution in [0.2, 0.25) is 0 Å². The summed E-state index contributed by atoms with van der Waals surface area (Å²) in [4.78, 5) is 2.58. The molecule has 1 aromatic rings. The van der Waals surface area contributed by atoms with E-state index in [1.165, 1.54) is 171 Å². The van der Waals surface area contributed by atoms with Crippen molar-refractivity contribution < 1.29 is 4.74 Å². The van der Waals surface area contributed by atoms with E-state index in [0.717, 1.165) is 18.9 Å². The summed E-state index contributed by atoms with van der Waals surface area (Å²) < 4.78 is 6.13. The maximum atomic E-state index is 6.13. The molecule has 0 spiro atoms. The Morgan fingerprint density at radius 2 is 1.05 bits per heavy atom. The van der Waals surface area contributed by atoms with E-state index in [4.69, 9.17) is 4.74 Å². The molecule has 0 atom stereocenters. The Labute approximate surface area is 244 Å². The zero-order valence-electron chi connectivity index (χ0n) is 26.5. The highest BCUT2D eigenvalue weighted by Gasteiger charge is 2.17. The summed E-state index contributed by atoms with van der Waals surface area (Å²) in [7, 11) is 0. The third-order valence-corrected chi connectivity index (χ3v) is 8.65. The molecule has 2 rings (SSSR count). The van der Waals surface area contributed by atoms with Gasteiger partial charge in [-0.15, -0.1) is 0 Å². The van der Waals surface area contributed by atoms with E-state index in [1.807, 2.05) is 0 Å². The van der Waals surface area contributed by atoms with Crippen molar-refractivity contribution in [2.24, 2.45) is 0 Å². The van der Waals surface area contributed by atoms with Gasteiger partial charge in [-0.2, -0.15) is 0 Å². The first kappa shape index (κ1) is 33.8. The van der Waals surface area contributed by atoms with Crippen molar-refractivity contribution in [2.75, 3.05) is 24.6 Å². The molecule has 0 bridgehead atoms. The van der Waals surface area contributed by atoms with Crippen LogP contribution in [0.25, 0.3) is 5.57 Å². The van der Waals surface area contributed by atoms with Gasteiger partial charge >= 0.3 is 0 Å². The van der Waals surface area contributed by atoms with E-state index in [2.05, 4.69) is 49.9 Å². The number of benzene rings is 1. The van der Waals surface area contributed by atoms with E-state index in [-0.39, 0.29) is 0 Å². The third kappa shape index (κ3) is 15.8. The molecule has 1 aromatic carbocycles. The molecule has 0 fully saturated rings. The van der Waals surface area contributed by atoms with E-state index >= 15 is 0 Å². The Hall–Kier alpha value is -1.44. The molecule has 2 heteroatoms. The van der Waals surface area contributed by atoms with Crippen LogP contribution < -0.4 is 9.64 Å². The van der Waals surface area contributed by atoms with Crippen LogP contribution in [0.4, 0.5) is 5.69 Å². The fourth-order valence-electron chi connectivity index (χ4n) is 5.96. The van der Waals surface area contributed by atoms with Crippen molar-refractivity contribution in [1.82, 2.24) is 0 Å². The molecule has 0 aromatic heterocycles. The molecule has 0 unspecified atom stereocenters. The molecule has 0 amide bonds. The zero-order valence-corrected chi connectivity index (χ0v) is 26.5. The van der Waals surface area contributed by atoms with Gasteiger partial charge in [0, 0.05) is 24.3 Å². The largest absolute Gasteiger partial charge is 0.494 e. The van der Waals surface area contributed by atoms with E-state index in [9.17, 15) is 0 Å². The lowest BCUT2D eigenvalue weighted by Gasteiger charge is -2.30. The standard InChI is InChI=1S/C37H65NO/c1-4-6-8-10-12-13-14-15-16-17-18-19-20-21-23-25-30-38-31-29-34(3)36-33-35(27-28-37(36)38)39-32-26-24-22-11-9-7-5-2/h27-29,33H,4-26,30-32H2,1-3H3. The number of anilines is 1. The predicted molar refractivity (Wildman–Crippen MR) is 175 cm³/mol. The van der Waals surface area contributed by atoms with Gasteiger partial charge in [0.25, 0.3) is 0 Å². The fraction of sp³-hybridized carbons (Fsp3) is 0.784. The lowest BCUT2D eigenvalue weighted by atomic mass is 9.99. The van der Waals surface area contributed by atoms with E-state index < -0.39 is 0 Å². The van der Waals surface area contributed by atoms with Crippen LogP contribution in [0.3, 0.4) is 0 Å². The number of nitrogens with zero attached hydrogens (tertiary/aromatic N) is 1. The summed E-state index contributed by atoms with van der Waals surface area (Å²) >= 11 is 0. The number of fused-ring (bicyclic) bond motifs is 1. The van der Waals surface area contributed by atoms with Crippen LogP contribution >= 0.6 is 0 Å². The average Bonchev–Trinajstić information content (AvgIpc) is 2.95. The SMILES string of the molecule is CCCCCCCCCCCCCCCCCCN1CC=C(C)c2cc(OCCCCCCCCC)ccc21. The molecule has 0 N–H and O–H groups in total. The maximum Gasteiger partial charge on any atom is 0.120 e. The summed E-state index contributed by atoms with van der Waals surface area (Å²) in [5, 5.41) is 0. The normalized spacial score (nSPS) is 13.0.